The van der Waals surface area contributed by atoms with E-state index >= 15 is 0 Å². The fraction of sp³-hybridized carbons (Fsp3) is 0.538. The molecule has 0 heterocycles. The SMILES string of the molecule is CCCCCc1c(CC)cccc1S(=O)(=O)O. The highest BCUT2D eigenvalue weighted by Crippen LogP contribution is 2.22. The summed E-state index contributed by atoms with van der Waals surface area (Å²) in [6.07, 6.45) is 4.62. The highest BCUT2D eigenvalue weighted by atomic mass is 32.2. The maximum absolute atomic E-state index is 11.3. The van der Waals surface area contributed by atoms with E-state index in [4.69, 9.17) is 0 Å². The molecule has 0 aliphatic carbocycles. The second kappa shape index (κ2) is 6.17. The molecular weight excluding hydrogens is 236 g/mol. The first-order chi connectivity index (χ1) is 8.00. The number of unbranched alkanes of at least 4 members (excludes halogenated alkanes) is 2. The second-order valence-electron chi connectivity index (χ2n) is 4.18. The van der Waals surface area contributed by atoms with E-state index in [2.05, 4.69) is 6.92 Å². The van der Waals surface area contributed by atoms with Crippen LogP contribution in [-0.4, -0.2) is 13.0 Å². The molecule has 0 aliphatic heterocycles. The maximum atomic E-state index is 11.3. The van der Waals surface area contributed by atoms with Gasteiger partial charge in [-0.2, -0.15) is 8.42 Å². The summed E-state index contributed by atoms with van der Waals surface area (Å²) < 4.78 is 31.8. The van der Waals surface area contributed by atoms with Gasteiger partial charge in [0.25, 0.3) is 10.1 Å². The Morgan fingerprint density at radius 1 is 1.18 bits per heavy atom. The van der Waals surface area contributed by atoms with Gasteiger partial charge >= 0.3 is 0 Å². The molecular formula is C13H20O3S. The Morgan fingerprint density at radius 3 is 2.41 bits per heavy atom. The molecule has 1 aromatic carbocycles. The van der Waals surface area contributed by atoms with Gasteiger partial charge in [-0.25, -0.2) is 0 Å². The van der Waals surface area contributed by atoms with E-state index in [1.807, 2.05) is 13.0 Å². The molecule has 1 aromatic rings. The molecule has 1 rings (SSSR count). The molecule has 0 aromatic heterocycles. The third-order valence-electron chi connectivity index (χ3n) is 2.92. The Hall–Kier alpha value is -0.870. The highest BCUT2D eigenvalue weighted by Gasteiger charge is 2.16. The quantitative estimate of drug-likeness (QED) is 0.628. The fourth-order valence-corrected chi connectivity index (χ4v) is 2.81. The molecule has 0 saturated heterocycles. The summed E-state index contributed by atoms with van der Waals surface area (Å²) in [6, 6.07) is 5.09. The van der Waals surface area contributed by atoms with Crippen LogP contribution in [0.4, 0.5) is 0 Å². The topological polar surface area (TPSA) is 54.4 Å². The van der Waals surface area contributed by atoms with Crippen LogP contribution in [0.5, 0.6) is 0 Å². The number of hydrogen-bond donors (Lipinski definition) is 1. The van der Waals surface area contributed by atoms with Gasteiger partial charge in [0.05, 0.1) is 4.90 Å². The van der Waals surface area contributed by atoms with Crippen LogP contribution in [0.3, 0.4) is 0 Å². The maximum Gasteiger partial charge on any atom is 0.294 e. The average Bonchev–Trinajstić information content (AvgIpc) is 2.28. The largest absolute Gasteiger partial charge is 0.294 e. The standard InChI is InChI=1S/C13H20O3S/c1-3-5-6-9-12-11(4-2)8-7-10-13(12)17(14,15)16/h7-8,10H,3-6,9H2,1-2H3,(H,14,15,16). The molecule has 0 bridgehead atoms. The van der Waals surface area contributed by atoms with Gasteiger partial charge in [0.15, 0.2) is 0 Å². The zero-order valence-corrected chi connectivity index (χ0v) is 11.3. The number of benzene rings is 1. The van der Waals surface area contributed by atoms with Crippen LogP contribution in [0.15, 0.2) is 23.1 Å². The van der Waals surface area contributed by atoms with Crippen LogP contribution in [0, 0.1) is 0 Å². The van der Waals surface area contributed by atoms with Crippen LogP contribution in [0.1, 0.15) is 44.2 Å². The zero-order valence-electron chi connectivity index (χ0n) is 10.4. The minimum Gasteiger partial charge on any atom is -0.282 e. The van der Waals surface area contributed by atoms with Crippen molar-refractivity contribution >= 4 is 10.1 Å². The van der Waals surface area contributed by atoms with Crippen LogP contribution >= 0.6 is 0 Å². The Morgan fingerprint density at radius 2 is 1.88 bits per heavy atom. The van der Waals surface area contributed by atoms with Crippen LogP contribution in [-0.2, 0) is 23.0 Å². The monoisotopic (exact) mass is 256 g/mol. The molecule has 0 spiro atoms. The Balaban J connectivity index is 3.12. The summed E-state index contributed by atoms with van der Waals surface area (Å²) >= 11 is 0. The van der Waals surface area contributed by atoms with E-state index in [9.17, 15) is 13.0 Å². The number of aryl methyl sites for hydroxylation is 1. The van der Waals surface area contributed by atoms with Gasteiger partial charge in [-0.05, 0) is 36.5 Å². The first-order valence-corrected chi connectivity index (χ1v) is 7.53. The van der Waals surface area contributed by atoms with E-state index in [1.165, 1.54) is 6.07 Å². The average molecular weight is 256 g/mol. The van der Waals surface area contributed by atoms with Gasteiger partial charge in [-0.1, -0.05) is 38.8 Å². The van der Waals surface area contributed by atoms with Crippen molar-refractivity contribution in [2.45, 2.75) is 50.8 Å². The number of rotatable bonds is 6. The lowest BCUT2D eigenvalue weighted by atomic mass is 10.00. The van der Waals surface area contributed by atoms with Crippen molar-refractivity contribution in [2.24, 2.45) is 0 Å². The molecule has 0 unspecified atom stereocenters. The minimum atomic E-state index is -4.10. The van der Waals surface area contributed by atoms with Gasteiger partial charge in [-0.15, -0.1) is 0 Å². The molecule has 96 valence electrons. The molecule has 3 nitrogen and oxygen atoms in total. The third-order valence-corrected chi connectivity index (χ3v) is 3.86. The Kier molecular flexibility index (Phi) is 5.15. The smallest absolute Gasteiger partial charge is 0.282 e. The Bertz CT molecular complexity index is 464. The van der Waals surface area contributed by atoms with Crippen molar-refractivity contribution in [2.75, 3.05) is 0 Å². The summed E-state index contributed by atoms with van der Waals surface area (Å²) in [6.45, 7) is 4.10. The first kappa shape index (κ1) is 14.2. The summed E-state index contributed by atoms with van der Waals surface area (Å²) in [5, 5.41) is 0. The van der Waals surface area contributed by atoms with Crippen molar-refractivity contribution < 1.29 is 13.0 Å². The fourth-order valence-electron chi connectivity index (χ4n) is 2.02. The number of hydrogen-bond acceptors (Lipinski definition) is 2. The third kappa shape index (κ3) is 3.82. The predicted octanol–water partition coefficient (Wildman–Crippen LogP) is 3.23. The molecule has 4 heteroatoms. The van der Waals surface area contributed by atoms with Gasteiger partial charge < -0.3 is 0 Å². The van der Waals surface area contributed by atoms with E-state index in [0.29, 0.717) is 6.42 Å². The molecule has 0 atom stereocenters. The van der Waals surface area contributed by atoms with Crippen molar-refractivity contribution in [1.82, 2.24) is 0 Å². The first-order valence-electron chi connectivity index (χ1n) is 6.09. The van der Waals surface area contributed by atoms with E-state index in [-0.39, 0.29) is 4.90 Å². The van der Waals surface area contributed by atoms with Crippen molar-refractivity contribution in [3.63, 3.8) is 0 Å². The van der Waals surface area contributed by atoms with Crippen molar-refractivity contribution in [3.05, 3.63) is 29.3 Å². The highest BCUT2D eigenvalue weighted by molar-refractivity contribution is 7.85. The lowest BCUT2D eigenvalue weighted by molar-refractivity contribution is 0.481. The lowest BCUT2D eigenvalue weighted by Crippen LogP contribution is -2.06. The molecule has 0 radical (unpaired) electrons. The van der Waals surface area contributed by atoms with Crippen LogP contribution in [0.25, 0.3) is 0 Å². The van der Waals surface area contributed by atoms with Gasteiger partial charge in [0.2, 0.25) is 0 Å². The normalized spacial score (nSPS) is 11.7. The van der Waals surface area contributed by atoms with Crippen molar-refractivity contribution in [3.8, 4) is 0 Å². The molecule has 0 fully saturated rings. The van der Waals surface area contributed by atoms with E-state index in [0.717, 1.165) is 36.8 Å². The summed E-state index contributed by atoms with van der Waals surface area (Å²) in [7, 11) is -4.10. The molecule has 1 N–H and O–H groups in total. The van der Waals surface area contributed by atoms with Gasteiger partial charge in [0, 0.05) is 0 Å². The predicted molar refractivity (Wildman–Crippen MR) is 68.9 cm³/mol. The summed E-state index contributed by atoms with van der Waals surface area (Å²) in [4.78, 5) is 0.0768. The van der Waals surface area contributed by atoms with E-state index in [1.54, 1.807) is 6.07 Å². The molecule has 0 saturated carbocycles. The second-order valence-corrected chi connectivity index (χ2v) is 5.57. The summed E-state index contributed by atoms with van der Waals surface area (Å²) in [5.74, 6) is 0. The van der Waals surface area contributed by atoms with Crippen LogP contribution in [0.2, 0.25) is 0 Å². The zero-order chi connectivity index (χ0) is 12.9. The Labute approximate surface area is 104 Å². The van der Waals surface area contributed by atoms with Gasteiger partial charge in [-0.3, -0.25) is 4.55 Å². The van der Waals surface area contributed by atoms with Gasteiger partial charge in [0.1, 0.15) is 0 Å². The summed E-state index contributed by atoms with van der Waals surface area (Å²) in [5.41, 5.74) is 1.79. The van der Waals surface area contributed by atoms with Crippen molar-refractivity contribution in [1.29, 1.82) is 0 Å². The molecule has 0 aliphatic rings. The molecule has 0 amide bonds. The van der Waals surface area contributed by atoms with E-state index < -0.39 is 10.1 Å². The minimum absolute atomic E-state index is 0.0768. The molecule has 17 heavy (non-hydrogen) atoms. The van der Waals surface area contributed by atoms with Crippen LogP contribution < -0.4 is 0 Å². The lowest BCUT2D eigenvalue weighted by Gasteiger charge is -2.11.